The van der Waals surface area contributed by atoms with Gasteiger partial charge in [-0.3, -0.25) is 22.2 Å². The van der Waals surface area contributed by atoms with Crippen molar-refractivity contribution in [3.63, 3.8) is 0 Å². The fraction of sp³-hybridized carbons (Fsp3) is 0.857. The van der Waals surface area contributed by atoms with E-state index in [-0.39, 0.29) is 41.2 Å². The van der Waals surface area contributed by atoms with Crippen LogP contribution in [0.4, 0.5) is 61.5 Å². The second-order valence-electron chi connectivity index (χ2n) is 13.7. The molecular weight excluding hydrogens is 725 g/mol. The Hall–Kier alpha value is -1.81. The molecule has 0 N–H and O–H groups in total. The zero-order valence-corrected chi connectivity index (χ0v) is 25.7. The van der Waals surface area contributed by atoms with Crippen LogP contribution < -0.4 is 0 Å². The minimum atomic E-state index is -6.57. The maximum atomic E-state index is 13.6. The number of carbonyl (C=O) groups is 2. The monoisotopic (exact) mass is 752 g/mol. The number of alkyl halides is 14. The summed E-state index contributed by atoms with van der Waals surface area (Å²) in [5.74, 6) is -38.0. The van der Waals surface area contributed by atoms with Crippen molar-refractivity contribution in [2.75, 3.05) is 0 Å². The van der Waals surface area contributed by atoms with Crippen molar-refractivity contribution < 1.29 is 97.1 Å². The first-order valence-electron chi connectivity index (χ1n) is 13.9. The molecule has 19 heteroatoms. The first-order valence-corrected chi connectivity index (χ1v) is 13.9. The number of hydrogen-bond donors (Lipinski definition) is 0. The van der Waals surface area contributed by atoms with Gasteiger partial charge < -0.3 is 9.59 Å². The summed E-state index contributed by atoms with van der Waals surface area (Å²) in [7, 11) is 0. The van der Waals surface area contributed by atoms with Crippen molar-refractivity contribution in [1.29, 1.82) is 0 Å². The molecule has 0 radical (unpaired) electrons. The molecule has 0 aliphatic heterocycles. The largest absolute Gasteiger partial charge is 2.00 e. The van der Waals surface area contributed by atoms with E-state index in [2.05, 4.69) is 0 Å². The van der Waals surface area contributed by atoms with Crippen molar-refractivity contribution in [3.8, 4) is 0 Å². The van der Waals surface area contributed by atoms with E-state index in [1.165, 1.54) is 12.6 Å². The Balaban J connectivity index is 0.000000320. The number of Topliss-reactive ketones (excluding diaryl/α,β-unsaturated/α-hetero) is 2. The van der Waals surface area contributed by atoms with Gasteiger partial charge in [0, 0.05) is 11.8 Å². The Morgan fingerprint density at radius 1 is 0.532 bits per heavy atom. The van der Waals surface area contributed by atoms with Crippen LogP contribution in [0, 0.1) is 58.2 Å². The van der Waals surface area contributed by atoms with Crippen LogP contribution in [0.2, 0.25) is 0 Å². The maximum absolute atomic E-state index is 13.6. The summed E-state index contributed by atoms with van der Waals surface area (Å²) in [6.45, 7) is 6.94. The van der Waals surface area contributed by atoms with Gasteiger partial charge in [-0.2, -0.15) is 61.5 Å². The van der Waals surface area contributed by atoms with Gasteiger partial charge in [0.25, 0.3) is 0 Å². The molecule has 0 spiro atoms. The number of hydrogen-bond acceptors (Lipinski definition) is 4. The summed E-state index contributed by atoms with van der Waals surface area (Å²) >= 11 is 0. The molecule has 6 fully saturated rings. The van der Waals surface area contributed by atoms with E-state index in [4.69, 9.17) is 0 Å². The topological polar surface area (TPSA) is 68.3 Å². The normalized spacial score (nSPS) is 33.1. The molecule has 272 valence electrons. The Morgan fingerprint density at radius 3 is 0.979 bits per heavy atom. The van der Waals surface area contributed by atoms with Gasteiger partial charge >= 0.3 is 52.5 Å². The van der Waals surface area contributed by atoms with E-state index in [9.17, 15) is 80.6 Å². The third-order valence-electron chi connectivity index (χ3n) is 11.0. The van der Waals surface area contributed by atoms with Gasteiger partial charge in [-0.25, -0.2) is 0 Å². The molecule has 47 heavy (non-hydrogen) atoms. The number of halogens is 14. The molecule has 6 rings (SSSR count). The van der Waals surface area contributed by atoms with Crippen LogP contribution >= 0.6 is 0 Å². The smallest absolute Gasteiger partial charge is 0.541 e. The quantitative estimate of drug-likeness (QED) is 0.146. The SMILES string of the molecule is CC1(C)C2CC(C(=O)C(F)(F)C(F)(F)C(F)(F)F)C([C-]=O)C1C2.CC1(C)C2CC(C(=O)C(F)(F)C(F)(F)C(F)(F)F)C([C-]=O)C1C2.[Ni+2]. The molecule has 0 heterocycles. The Bertz CT molecular complexity index is 1150. The summed E-state index contributed by atoms with van der Waals surface area (Å²) in [4.78, 5) is 45.6. The van der Waals surface area contributed by atoms with E-state index in [1.807, 2.05) is 0 Å². The van der Waals surface area contributed by atoms with Crippen LogP contribution in [0.1, 0.15) is 53.4 Å². The van der Waals surface area contributed by atoms with E-state index in [1.54, 1.807) is 27.7 Å². The van der Waals surface area contributed by atoms with Gasteiger partial charge in [0.2, 0.25) is 11.6 Å². The molecule has 4 bridgehead atoms. The fourth-order valence-corrected chi connectivity index (χ4v) is 7.60. The van der Waals surface area contributed by atoms with Crippen molar-refractivity contribution in [2.24, 2.45) is 58.2 Å². The summed E-state index contributed by atoms with van der Waals surface area (Å²) in [5, 5.41) is 0. The minimum absolute atomic E-state index is 0. The van der Waals surface area contributed by atoms with Gasteiger partial charge in [0.15, 0.2) is 0 Å². The van der Waals surface area contributed by atoms with Gasteiger partial charge in [-0.15, -0.1) is 11.8 Å². The minimum Gasteiger partial charge on any atom is -0.541 e. The average molecular weight is 753 g/mol. The van der Waals surface area contributed by atoms with Crippen molar-refractivity contribution in [1.82, 2.24) is 0 Å². The molecule has 6 saturated carbocycles. The summed E-state index contributed by atoms with van der Waals surface area (Å²) in [5.41, 5.74) is -0.915. The summed E-state index contributed by atoms with van der Waals surface area (Å²) in [6, 6.07) is 0. The van der Waals surface area contributed by atoms with Crippen molar-refractivity contribution >= 4 is 24.1 Å². The molecule has 0 saturated heterocycles. The zero-order chi connectivity index (χ0) is 36.0. The van der Waals surface area contributed by atoms with Crippen LogP contribution in [-0.2, 0) is 35.7 Å². The van der Waals surface area contributed by atoms with E-state index in [0.717, 1.165) is 0 Å². The van der Waals surface area contributed by atoms with Crippen molar-refractivity contribution in [3.05, 3.63) is 0 Å². The fourth-order valence-electron chi connectivity index (χ4n) is 7.60. The van der Waals surface area contributed by atoms with Gasteiger partial charge in [0.05, 0.1) is 0 Å². The van der Waals surface area contributed by atoms with Gasteiger partial charge in [0.1, 0.15) is 0 Å². The van der Waals surface area contributed by atoms with Crippen LogP contribution in [0.15, 0.2) is 0 Å². The third-order valence-corrected chi connectivity index (χ3v) is 11.0. The standard InChI is InChI=1S/2C14H14F7O2.Ni/c2*1-11(2)6-3-7(8(5-22)9(11)4-6)10(23)12(15,16)13(17,18)14(19,20)21;/h2*6-9H,3-4H2,1-2H3;/q2*-1;+2. The van der Waals surface area contributed by atoms with Gasteiger partial charge in [-0.05, 0) is 48.3 Å². The number of carbonyl (C=O) groups excluding carboxylic acids is 4. The van der Waals surface area contributed by atoms with Gasteiger partial charge in [-0.1, -0.05) is 39.5 Å². The first-order chi connectivity index (χ1) is 20.4. The molecule has 6 aliphatic carbocycles. The van der Waals surface area contributed by atoms with E-state index < -0.39 is 93.9 Å². The zero-order valence-electron chi connectivity index (χ0n) is 24.7. The maximum Gasteiger partial charge on any atom is 2.00 e. The molecule has 0 amide bonds. The third kappa shape index (κ3) is 6.03. The second kappa shape index (κ2) is 12.2. The van der Waals surface area contributed by atoms with Crippen LogP contribution in [0.3, 0.4) is 0 Å². The molecule has 0 aromatic rings. The van der Waals surface area contributed by atoms with Crippen molar-refractivity contribution in [2.45, 2.75) is 89.4 Å². The molecular formula is C28H28F14NiO4. The van der Waals surface area contributed by atoms with E-state index >= 15 is 0 Å². The number of fused-ring (bicyclic) bond motifs is 4. The first kappa shape index (κ1) is 41.4. The Morgan fingerprint density at radius 2 is 0.787 bits per heavy atom. The molecule has 8 atom stereocenters. The van der Waals surface area contributed by atoms with E-state index in [0.29, 0.717) is 12.8 Å². The molecule has 0 aromatic heterocycles. The summed E-state index contributed by atoms with van der Waals surface area (Å²) in [6.07, 6.45) is -10.1. The summed E-state index contributed by atoms with van der Waals surface area (Å²) < 4.78 is 179. The van der Waals surface area contributed by atoms with Crippen LogP contribution in [0.5, 0.6) is 0 Å². The predicted molar refractivity (Wildman–Crippen MR) is 127 cm³/mol. The molecule has 6 aliphatic rings. The molecule has 4 nitrogen and oxygen atoms in total. The number of ketones is 2. The number of rotatable bonds is 8. The molecule has 8 unspecified atom stereocenters. The predicted octanol–water partition coefficient (Wildman–Crippen LogP) is 7.59. The van der Waals surface area contributed by atoms with Crippen LogP contribution in [-0.4, -0.2) is 60.2 Å². The average Bonchev–Trinajstić information content (AvgIpc) is 2.93. The van der Waals surface area contributed by atoms with Crippen LogP contribution in [0.25, 0.3) is 0 Å². The Kier molecular flexibility index (Phi) is 10.7. The molecule has 0 aromatic carbocycles. The second-order valence-corrected chi connectivity index (χ2v) is 13.7. The Labute approximate surface area is 269 Å².